The molecule has 6 nitrogen and oxygen atoms in total. The van der Waals surface area contributed by atoms with E-state index in [0.29, 0.717) is 12.1 Å². The van der Waals surface area contributed by atoms with Gasteiger partial charge in [0.1, 0.15) is 0 Å². The molecule has 40 heavy (non-hydrogen) atoms. The van der Waals surface area contributed by atoms with Gasteiger partial charge in [0.05, 0.1) is 18.8 Å². The van der Waals surface area contributed by atoms with Crippen molar-refractivity contribution < 1.29 is 19.4 Å². The van der Waals surface area contributed by atoms with Crippen molar-refractivity contribution in [3.8, 4) is 0 Å². The maximum atomic E-state index is 11.7. The normalized spacial score (nSPS) is 18.9. The number of amides is 1. The quantitative estimate of drug-likeness (QED) is 0.246. The van der Waals surface area contributed by atoms with E-state index in [1.165, 1.54) is 18.1 Å². The van der Waals surface area contributed by atoms with Crippen molar-refractivity contribution in [1.29, 1.82) is 0 Å². The number of nitrogens with zero attached hydrogens (tertiary/aromatic N) is 1. The molecule has 0 radical (unpaired) electrons. The SMILES string of the molecule is CC(=O)Nc1cccc([C@@H]2O[C@H](CN(Cc3ccccc3)Cc3ccccc3)C[C@H](c3ccc(CO)cc3)O2)c1. The second-order valence-electron chi connectivity index (χ2n) is 10.3. The first-order valence-electron chi connectivity index (χ1n) is 13.7. The van der Waals surface area contributed by atoms with Gasteiger partial charge < -0.3 is 19.9 Å². The van der Waals surface area contributed by atoms with Crippen molar-refractivity contribution in [1.82, 2.24) is 4.90 Å². The molecule has 4 aromatic rings. The summed E-state index contributed by atoms with van der Waals surface area (Å²) in [4.78, 5) is 14.1. The lowest BCUT2D eigenvalue weighted by Crippen LogP contribution is -2.39. The molecule has 0 saturated carbocycles. The Labute approximate surface area is 236 Å². The highest BCUT2D eigenvalue weighted by Gasteiger charge is 2.33. The maximum Gasteiger partial charge on any atom is 0.221 e. The van der Waals surface area contributed by atoms with E-state index in [1.54, 1.807) is 0 Å². The third-order valence-electron chi connectivity index (χ3n) is 7.05. The third kappa shape index (κ3) is 7.64. The van der Waals surface area contributed by atoms with Gasteiger partial charge in [-0.25, -0.2) is 0 Å². The molecule has 1 aliphatic rings. The summed E-state index contributed by atoms with van der Waals surface area (Å²) < 4.78 is 13.1. The molecule has 0 bridgehead atoms. The molecule has 0 aliphatic carbocycles. The summed E-state index contributed by atoms with van der Waals surface area (Å²) >= 11 is 0. The number of rotatable bonds is 10. The van der Waals surface area contributed by atoms with Crippen LogP contribution in [0, 0.1) is 0 Å². The Morgan fingerprint density at radius 3 is 2.05 bits per heavy atom. The Balaban J connectivity index is 1.41. The van der Waals surface area contributed by atoms with Crippen LogP contribution in [0.5, 0.6) is 0 Å². The lowest BCUT2D eigenvalue weighted by atomic mass is 9.99. The molecule has 2 N–H and O–H groups in total. The first kappa shape index (κ1) is 27.7. The van der Waals surface area contributed by atoms with Gasteiger partial charge in [0.15, 0.2) is 6.29 Å². The molecular formula is C34H36N2O4. The minimum absolute atomic E-state index is 0.00401. The predicted octanol–water partition coefficient (Wildman–Crippen LogP) is 6.39. The monoisotopic (exact) mass is 536 g/mol. The molecule has 1 aliphatic heterocycles. The van der Waals surface area contributed by atoms with E-state index in [4.69, 9.17) is 9.47 Å². The number of ether oxygens (including phenoxy) is 2. The van der Waals surface area contributed by atoms with E-state index in [-0.39, 0.29) is 24.7 Å². The highest BCUT2D eigenvalue weighted by Crippen LogP contribution is 2.39. The van der Waals surface area contributed by atoms with Crippen LogP contribution in [0.25, 0.3) is 0 Å². The predicted molar refractivity (Wildman–Crippen MR) is 156 cm³/mol. The molecule has 5 rings (SSSR count). The number of benzene rings is 4. The van der Waals surface area contributed by atoms with Gasteiger partial charge in [-0.1, -0.05) is 97.1 Å². The van der Waals surface area contributed by atoms with Crippen LogP contribution >= 0.6 is 0 Å². The van der Waals surface area contributed by atoms with Crippen molar-refractivity contribution >= 4 is 11.6 Å². The van der Waals surface area contributed by atoms with Crippen molar-refractivity contribution in [2.75, 3.05) is 11.9 Å². The van der Waals surface area contributed by atoms with E-state index in [1.807, 2.05) is 60.7 Å². The number of aliphatic hydroxyl groups is 1. The van der Waals surface area contributed by atoms with Gasteiger partial charge in [-0.05, 0) is 34.4 Å². The summed E-state index contributed by atoms with van der Waals surface area (Å²) in [7, 11) is 0. The van der Waals surface area contributed by atoms with Crippen LogP contribution in [0.4, 0.5) is 5.69 Å². The Morgan fingerprint density at radius 1 is 0.800 bits per heavy atom. The second-order valence-corrected chi connectivity index (χ2v) is 10.3. The molecule has 0 spiro atoms. The van der Waals surface area contributed by atoms with Gasteiger partial charge in [-0.15, -0.1) is 0 Å². The molecule has 1 saturated heterocycles. The third-order valence-corrected chi connectivity index (χ3v) is 7.05. The molecule has 206 valence electrons. The van der Waals surface area contributed by atoms with E-state index in [0.717, 1.165) is 36.3 Å². The lowest BCUT2D eigenvalue weighted by molar-refractivity contribution is -0.253. The zero-order chi connectivity index (χ0) is 27.7. The molecule has 1 fully saturated rings. The van der Waals surface area contributed by atoms with Crippen molar-refractivity contribution in [3.63, 3.8) is 0 Å². The van der Waals surface area contributed by atoms with Crippen LogP contribution in [-0.4, -0.2) is 28.6 Å². The first-order chi connectivity index (χ1) is 19.6. The zero-order valence-corrected chi connectivity index (χ0v) is 22.8. The zero-order valence-electron chi connectivity index (χ0n) is 22.8. The molecule has 0 unspecified atom stereocenters. The molecular weight excluding hydrogens is 500 g/mol. The fourth-order valence-electron chi connectivity index (χ4n) is 5.16. The average Bonchev–Trinajstić information content (AvgIpc) is 2.98. The molecule has 4 aromatic carbocycles. The summed E-state index contributed by atoms with van der Waals surface area (Å²) in [6.07, 6.45) is -0.180. The minimum atomic E-state index is -0.592. The molecule has 3 atom stereocenters. The Bertz CT molecular complexity index is 1320. The van der Waals surface area contributed by atoms with E-state index in [9.17, 15) is 9.90 Å². The van der Waals surface area contributed by atoms with Crippen LogP contribution in [0.15, 0.2) is 109 Å². The minimum Gasteiger partial charge on any atom is -0.392 e. The van der Waals surface area contributed by atoms with Crippen LogP contribution < -0.4 is 5.32 Å². The Hall–Kier alpha value is -3.81. The lowest BCUT2D eigenvalue weighted by Gasteiger charge is -2.38. The van der Waals surface area contributed by atoms with Gasteiger partial charge in [0.2, 0.25) is 5.91 Å². The van der Waals surface area contributed by atoms with Gasteiger partial charge >= 0.3 is 0 Å². The van der Waals surface area contributed by atoms with Crippen LogP contribution in [0.1, 0.15) is 53.6 Å². The average molecular weight is 537 g/mol. The van der Waals surface area contributed by atoms with Gasteiger partial charge in [0.25, 0.3) is 0 Å². The van der Waals surface area contributed by atoms with Gasteiger partial charge in [-0.3, -0.25) is 9.69 Å². The highest BCUT2D eigenvalue weighted by molar-refractivity contribution is 5.88. The standard InChI is InChI=1S/C34H36N2O4/c1-25(38)35-31-14-8-13-30(19-31)34-39-32(20-33(40-34)29-17-15-28(24-37)16-18-29)23-36(21-26-9-4-2-5-10-26)22-27-11-6-3-7-12-27/h2-19,32-34,37H,20-24H2,1H3,(H,35,38)/t32-,33+,34+/m0/s1. The van der Waals surface area contributed by atoms with Crippen LogP contribution in [-0.2, 0) is 34.0 Å². The van der Waals surface area contributed by atoms with E-state index >= 15 is 0 Å². The number of hydrogen-bond acceptors (Lipinski definition) is 5. The maximum absolute atomic E-state index is 11.7. The Morgan fingerprint density at radius 2 is 1.45 bits per heavy atom. The number of carbonyl (C=O) groups is 1. The number of carbonyl (C=O) groups excluding carboxylic acids is 1. The molecule has 6 heteroatoms. The second kappa shape index (κ2) is 13.5. The van der Waals surface area contributed by atoms with Crippen molar-refractivity contribution in [2.24, 2.45) is 0 Å². The van der Waals surface area contributed by atoms with Gasteiger partial charge in [-0.2, -0.15) is 0 Å². The molecule has 1 heterocycles. The summed E-state index contributed by atoms with van der Waals surface area (Å²) in [5, 5.41) is 12.4. The van der Waals surface area contributed by atoms with Gasteiger partial charge in [0, 0.05) is 44.2 Å². The van der Waals surface area contributed by atoms with Crippen LogP contribution in [0.3, 0.4) is 0 Å². The largest absolute Gasteiger partial charge is 0.392 e. The number of anilines is 1. The first-order valence-corrected chi connectivity index (χ1v) is 13.7. The smallest absolute Gasteiger partial charge is 0.221 e. The van der Waals surface area contributed by atoms with Crippen molar-refractivity contribution in [3.05, 3.63) is 137 Å². The van der Waals surface area contributed by atoms with Crippen molar-refractivity contribution in [2.45, 2.75) is 51.5 Å². The number of aliphatic hydroxyl groups excluding tert-OH is 1. The summed E-state index contributed by atoms with van der Waals surface area (Å²) in [6.45, 7) is 3.82. The fraction of sp³-hybridized carbons (Fsp3) is 0.265. The van der Waals surface area contributed by atoms with E-state index in [2.05, 4.69) is 58.7 Å². The molecule has 1 amide bonds. The van der Waals surface area contributed by atoms with E-state index < -0.39 is 6.29 Å². The number of hydrogen-bond donors (Lipinski definition) is 2. The summed E-state index contributed by atoms with van der Waals surface area (Å²) in [6, 6.07) is 36.6. The number of nitrogens with one attached hydrogen (secondary N) is 1. The highest BCUT2D eigenvalue weighted by atomic mass is 16.7. The topological polar surface area (TPSA) is 71.0 Å². The summed E-state index contributed by atoms with van der Waals surface area (Å²) in [5.41, 5.74) is 5.97. The fourth-order valence-corrected chi connectivity index (χ4v) is 5.16. The Kier molecular flexibility index (Phi) is 9.37. The summed E-state index contributed by atoms with van der Waals surface area (Å²) in [5.74, 6) is -0.125. The van der Waals surface area contributed by atoms with Crippen LogP contribution in [0.2, 0.25) is 0 Å². The molecule has 0 aromatic heterocycles.